The SMILES string of the molecule is CNC(=O)NC(=O)CCNC(C(=O)OC)C(C)C. The lowest BCUT2D eigenvalue weighted by Crippen LogP contribution is -2.44. The van der Waals surface area contributed by atoms with E-state index in [1.54, 1.807) is 0 Å². The maximum atomic E-state index is 11.4. The van der Waals surface area contributed by atoms with Crippen LogP contribution in [0.5, 0.6) is 0 Å². The molecule has 0 radical (unpaired) electrons. The second kappa shape index (κ2) is 8.46. The maximum Gasteiger partial charge on any atom is 0.323 e. The molecule has 104 valence electrons. The first-order valence-corrected chi connectivity index (χ1v) is 5.75. The summed E-state index contributed by atoms with van der Waals surface area (Å²) in [7, 11) is 2.74. The van der Waals surface area contributed by atoms with Crippen LogP contribution < -0.4 is 16.0 Å². The molecule has 0 fully saturated rings. The van der Waals surface area contributed by atoms with Crippen molar-refractivity contribution in [1.29, 1.82) is 0 Å². The first-order chi connectivity index (χ1) is 8.42. The molecule has 0 aromatic carbocycles. The van der Waals surface area contributed by atoms with E-state index in [0.717, 1.165) is 0 Å². The summed E-state index contributed by atoms with van der Waals surface area (Å²) in [5.74, 6) is -0.717. The third kappa shape index (κ3) is 6.19. The summed E-state index contributed by atoms with van der Waals surface area (Å²) in [6.45, 7) is 4.04. The smallest absolute Gasteiger partial charge is 0.323 e. The van der Waals surface area contributed by atoms with Crippen molar-refractivity contribution >= 4 is 17.9 Å². The molecule has 0 aliphatic heterocycles. The predicted molar refractivity (Wildman–Crippen MR) is 65.9 cm³/mol. The minimum absolute atomic E-state index is 0.0550. The molecule has 1 atom stereocenters. The number of carbonyl (C=O) groups is 3. The van der Waals surface area contributed by atoms with Crippen molar-refractivity contribution in [2.24, 2.45) is 5.92 Å². The Labute approximate surface area is 107 Å². The van der Waals surface area contributed by atoms with Crippen LogP contribution in [0.2, 0.25) is 0 Å². The summed E-state index contributed by atoms with van der Waals surface area (Å²) in [6.07, 6.45) is 0.105. The van der Waals surface area contributed by atoms with Gasteiger partial charge in [-0.1, -0.05) is 13.8 Å². The molecule has 3 amide bonds. The lowest BCUT2D eigenvalue weighted by molar-refractivity contribution is -0.144. The highest BCUT2D eigenvalue weighted by molar-refractivity contribution is 5.94. The van der Waals surface area contributed by atoms with Gasteiger partial charge in [-0.15, -0.1) is 0 Å². The van der Waals surface area contributed by atoms with E-state index in [0.29, 0.717) is 6.54 Å². The van der Waals surface area contributed by atoms with Crippen LogP contribution in [0.15, 0.2) is 0 Å². The summed E-state index contributed by atoms with van der Waals surface area (Å²) in [4.78, 5) is 33.5. The van der Waals surface area contributed by atoms with Crippen molar-refractivity contribution in [2.45, 2.75) is 26.3 Å². The van der Waals surface area contributed by atoms with E-state index in [1.807, 2.05) is 13.8 Å². The fraction of sp³-hybridized carbons (Fsp3) is 0.727. The first kappa shape index (κ1) is 16.4. The number of methoxy groups -OCH3 is 1. The molecule has 3 N–H and O–H groups in total. The summed E-state index contributed by atoms with van der Waals surface area (Å²) in [5.41, 5.74) is 0. The molecule has 0 aromatic rings. The summed E-state index contributed by atoms with van der Waals surface area (Å²) < 4.78 is 4.65. The van der Waals surface area contributed by atoms with E-state index in [2.05, 4.69) is 20.7 Å². The van der Waals surface area contributed by atoms with Gasteiger partial charge in [0.2, 0.25) is 5.91 Å². The first-order valence-electron chi connectivity index (χ1n) is 5.75. The van der Waals surface area contributed by atoms with Gasteiger partial charge in [0, 0.05) is 20.0 Å². The Hall–Kier alpha value is -1.63. The Balaban J connectivity index is 4.03. The Morgan fingerprint density at radius 1 is 1.22 bits per heavy atom. The van der Waals surface area contributed by atoms with Crippen LogP contribution in [-0.2, 0) is 14.3 Å². The molecule has 7 nitrogen and oxygen atoms in total. The van der Waals surface area contributed by atoms with Gasteiger partial charge >= 0.3 is 12.0 Å². The highest BCUT2D eigenvalue weighted by Crippen LogP contribution is 2.03. The zero-order chi connectivity index (χ0) is 14.1. The number of hydrogen-bond acceptors (Lipinski definition) is 5. The van der Waals surface area contributed by atoms with Gasteiger partial charge in [-0.05, 0) is 5.92 Å². The molecule has 0 rings (SSSR count). The summed E-state index contributed by atoms with van der Waals surface area (Å²) >= 11 is 0. The molecule has 0 bridgehead atoms. The topological polar surface area (TPSA) is 96.5 Å². The van der Waals surface area contributed by atoms with Crippen molar-refractivity contribution in [3.63, 3.8) is 0 Å². The molecular weight excluding hydrogens is 238 g/mol. The zero-order valence-corrected chi connectivity index (χ0v) is 11.2. The molecule has 0 saturated carbocycles. The molecule has 7 heteroatoms. The van der Waals surface area contributed by atoms with Gasteiger partial charge in [-0.2, -0.15) is 0 Å². The van der Waals surface area contributed by atoms with Gasteiger partial charge in [0.15, 0.2) is 0 Å². The lowest BCUT2D eigenvalue weighted by Gasteiger charge is -2.19. The summed E-state index contributed by atoms with van der Waals surface area (Å²) in [6, 6.07) is -1.00. The number of hydrogen-bond donors (Lipinski definition) is 3. The Morgan fingerprint density at radius 3 is 2.28 bits per heavy atom. The van der Waals surface area contributed by atoms with E-state index < -0.39 is 18.0 Å². The lowest BCUT2D eigenvalue weighted by atomic mass is 10.0. The van der Waals surface area contributed by atoms with Gasteiger partial charge < -0.3 is 15.4 Å². The van der Waals surface area contributed by atoms with Gasteiger partial charge in [-0.3, -0.25) is 14.9 Å². The second-order valence-corrected chi connectivity index (χ2v) is 4.08. The number of nitrogens with one attached hydrogen (secondary N) is 3. The largest absolute Gasteiger partial charge is 0.468 e. The normalized spacial score (nSPS) is 11.8. The number of urea groups is 1. The Bertz CT molecular complexity index is 305. The van der Waals surface area contributed by atoms with Crippen molar-refractivity contribution in [2.75, 3.05) is 20.7 Å². The average molecular weight is 259 g/mol. The van der Waals surface area contributed by atoms with Crippen LogP contribution in [-0.4, -0.2) is 44.7 Å². The molecule has 18 heavy (non-hydrogen) atoms. The standard InChI is InChI=1S/C11H21N3O4/c1-7(2)9(10(16)18-4)13-6-5-8(15)14-11(17)12-3/h7,9,13H,5-6H2,1-4H3,(H2,12,14,15,17). The molecule has 0 spiro atoms. The predicted octanol–water partition coefficient (Wildman–Crippen LogP) is -0.381. The minimum atomic E-state index is -0.548. The monoisotopic (exact) mass is 259 g/mol. The fourth-order valence-corrected chi connectivity index (χ4v) is 1.31. The quantitative estimate of drug-likeness (QED) is 0.565. The molecule has 0 heterocycles. The van der Waals surface area contributed by atoms with E-state index >= 15 is 0 Å². The number of carbonyl (C=O) groups excluding carboxylic acids is 3. The van der Waals surface area contributed by atoms with Crippen LogP contribution in [0.1, 0.15) is 20.3 Å². The van der Waals surface area contributed by atoms with Gasteiger partial charge in [-0.25, -0.2) is 4.79 Å². The minimum Gasteiger partial charge on any atom is -0.468 e. The third-order valence-corrected chi connectivity index (χ3v) is 2.32. The van der Waals surface area contributed by atoms with Crippen LogP contribution in [0, 0.1) is 5.92 Å². The summed E-state index contributed by atoms with van der Waals surface area (Å²) in [5, 5.41) is 7.33. The van der Waals surface area contributed by atoms with E-state index in [9.17, 15) is 14.4 Å². The van der Waals surface area contributed by atoms with Gasteiger partial charge in [0.1, 0.15) is 6.04 Å². The third-order valence-electron chi connectivity index (χ3n) is 2.32. The molecule has 0 aliphatic carbocycles. The van der Waals surface area contributed by atoms with Crippen molar-refractivity contribution in [1.82, 2.24) is 16.0 Å². The van der Waals surface area contributed by atoms with Crippen molar-refractivity contribution < 1.29 is 19.1 Å². The van der Waals surface area contributed by atoms with Crippen molar-refractivity contribution in [3.05, 3.63) is 0 Å². The average Bonchev–Trinajstić information content (AvgIpc) is 2.33. The number of ether oxygens (including phenoxy) is 1. The Kier molecular flexibility index (Phi) is 7.69. The van der Waals surface area contributed by atoms with Crippen LogP contribution in [0.25, 0.3) is 0 Å². The molecule has 0 saturated heterocycles. The van der Waals surface area contributed by atoms with Crippen LogP contribution >= 0.6 is 0 Å². The molecule has 0 aliphatic rings. The van der Waals surface area contributed by atoms with E-state index in [4.69, 9.17) is 0 Å². The van der Waals surface area contributed by atoms with Crippen LogP contribution in [0.3, 0.4) is 0 Å². The number of imide groups is 1. The maximum absolute atomic E-state index is 11.4. The number of esters is 1. The zero-order valence-electron chi connectivity index (χ0n) is 11.2. The van der Waals surface area contributed by atoms with Crippen LogP contribution in [0.4, 0.5) is 4.79 Å². The van der Waals surface area contributed by atoms with Gasteiger partial charge in [0.25, 0.3) is 0 Å². The molecular formula is C11H21N3O4. The highest BCUT2D eigenvalue weighted by Gasteiger charge is 2.22. The van der Waals surface area contributed by atoms with E-state index in [1.165, 1.54) is 14.2 Å². The van der Waals surface area contributed by atoms with E-state index in [-0.39, 0.29) is 18.3 Å². The molecule has 0 aromatic heterocycles. The van der Waals surface area contributed by atoms with Crippen molar-refractivity contribution in [3.8, 4) is 0 Å². The fourth-order valence-electron chi connectivity index (χ4n) is 1.31. The second-order valence-electron chi connectivity index (χ2n) is 4.08. The number of rotatable bonds is 6. The number of amides is 3. The molecule has 1 unspecified atom stereocenters. The van der Waals surface area contributed by atoms with Gasteiger partial charge in [0.05, 0.1) is 7.11 Å². The highest BCUT2D eigenvalue weighted by atomic mass is 16.5. The Morgan fingerprint density at radius 2 is 1.83 bits per heavy atom.